The van der Waals surface area contributed by atoms with Gasteiger partial charge in [-0.2, -0.15) is 0 Å². The summed E-state index contributed by atoms with van der Waals surface area (Å²) in [4.78, 5) is 16.9. The smallest absolute Gasteiger partial charge is 0.257 e. The zero-order valence-corrected chi connectivity index (χ0v) is 16.4. The lowest BCUT2D eigenvalue weighted by molar-refractivity contribution is -0.123. The van der Waals surface area contributed by atoms with Crippen molar-refractivity contribution in [1.29, 1.82) is 0 Å². The van der Waals surface area contributed by atoms with Gasteiger partial charge in [-0.1, -0.05) is 41.9 Å². The topological polar surface area (TPSA) is 44.8 Å². The summed E-state index contributed by atoms with van der Waals surface area (Å²) in [6.07, 6.45) is 0. The fourth-order valence-corrected chi connectivity index (χ4v) is 3.40. The summed E-state index contributed by atoms with van der Waals surface area (Å²) in [6, 6.07) is 17.9. The summed E-state index contributed by atoms with van der Waals surface area (Å²) >= 11 is 6.03. The molecule has 0 saturated carbocycles. The first kappa shape index (κ1) is 19.5. The predicted octanol–water partition coefficient (Wildman–Crippen LogP) is 3.05. The van der Waals surface area contributed by atoms with Crippen molar-refractivity contribution >= 4 is 23.2 Å². The Morgan fingerprint density at radius 1 is 1.07 bits per heavy atom. The summed E-state index contributed by atoms with van der Waals surface area (Å²) in [5, 5.41) is 3.46. The minimum absolute atomic E-state index is 0.0295. The molecule has 5 nitrogen and oxygen atoms in total. The largest absolute Gasteiger partial charge is 0.482 e. The lowest BCUT2D eigenvalue weighted by Gasteiger charge is -2.39. The third-order valence-electron chi connectivity index (χ3n) is 4.85. The average molecular weight is 388 g/mol. The highest BCUT2D eigenvalue weighted by molar-refractivity contribution is 6.32. The number of halogens is 1. The molecule has 1 amide bonds. The average Bonchev–Trinajstić information content (AvgIpc) is 2.72. The van der Waals surface area contributed by atoms with Crippen molar-refractivity contribution in [2.75, 3.05) is 44.2 Å². The van der Waals surface area contributed by atoms with E-state index in [1.54, 1.807) is 12.1 Å². The van der Waals surface area contributed by atoms with E-state index in [4.69, 9.17) is 16.3 Å². The Hall–Kier alpha value is -2.24. The number of rotatable bonds is 7. The van der Waals surface area contributed by atoms with E-state index in [-0.39, 0.29) is 18.6 Å². The summed E-state index contributed by atoms with van der Waals surface area (Å²) in [7, 11) is 0. The van der Waals surface area contributed by atoms with E-state index in [9.17, 15) is 4.79 Å². The number of hydrogen-bond acceptors (Lipinski definition) is 4. The Morgan fingerprint density at radius 3 is 2.44 bits per heavy atom. The number of benzene rings is 2. The number of para-hydroxylation sites is 2. The third-order valence-corrected chi connectivity index (χ3v) is 5.16. The second-order valence-electron chi connectivity index (χ2n) is 6.73. The Bertz CT molecular complexity index is 733. The minimum Gasteiger partial charge on any atom is -0.482 e. The van der Waals surface area contributed by atoms with Crippen LogP contribution in [0, 0.1) is 0 Å². The maximum atomic E-state index is 12.0. The van der Waals surface area contributed by atoms with Gasteiger partial charge in [0.15, 0.2) is 6.61 Å². The first-order valence-corrected chi connectivity index (χ1v) is 9.69. The molecule has 2 aromatic rings. The molecule has 0 aliphatic carbocycles. The summed E-state index contributed by atoms with van der Waals surface area (Å²) in [5.74, 6) is 0.393. The Labute approximate surface area is 165 Å². The van der Waals surface area contributed by atoms with Gasteiger partial charge in [-0.3, -0.25) is 9.69 Å². The van der Waals surface area contributed by atoms with Crippen LogP contribution in [0.5, 0.6) is 5.75 Å². The van der Waals surface area contributed by atoms with Gasteiger partial charge in [0.25, 0.3) is 5.91 Å². The molecule has 1 N–H and O–H groups in total. The fraction of sp³-hybridized carbons (Fsp3) is 0.381. The van der Waals surface area contributed by atoms with Crippen LogP contribution < -0.4 is 15.0 Å². The van der Waals surface area contributed by atoms with Crippen LogP contribution in [0.4, 0.5) is 5.69 Å². The number of carbonyl (C=O) groups excluding carboxylic acids is 1. The quantitative estimate of drug-likeness (QED) is 0.793. The van der Waals surface area contributed by atoms with Crippen molar-refractivity contribution in [3.63, 3.8) is 0 Å². The van der Waals surface area contributed by atoms with Crippen LogP contribution in [-0.2, 0) is 4.79 Å². The van der Waals surface area contributed by atoms with Crippen molar-refractivity contribution in [1.82, 2.24) is 10.2 Å². The number of nitrogens with zero attached hydrogens (tertiary/aromatic N) is 2. The number of amides is 1. The zero-order chi connectivity index (χ0) is 19.1. The molecule has 2 aromatic carbocycles. The first-order chi connectivity index (χ1) is 13.1. The van der Waals surface area contributed by atoms with E-state index in [1.807, 2.05) is 18.2 Å². The summed E-state index contributed by atoms with van der Waals surface area (Å²) < 4.78 is 5.48. The molecular formula is C21H26ClN3O2. The highest BCUT2D eigenvalue weighted by atomic mass is 35.5. The van der Waals surface area contributed by atoms with E-state index >= 15 is 0 Å². The number of ether oxygens (including phenoxy) is 1. The van der Waals surface area contributed by atoms with E-state index in [2.05, 4.69) is 46.3 Å². The van der Waals surface area contributed by atoms with Gasteiger partial charge in [-0.25, -0.2) is 0 Å². The maximum absolute atomic E-state index is 12.0. The van der Waals surface area contributed by atoms with Gasteiger partial charge in [-0.15, -0.1) is 0 Å². The van der Waals surface area contributed by atoms with Crippen LogP contribution >= 0.6 is 11.6 Å². The number of hydrogen-bond donors (Lipinski definition) is 1. The van der Waals surface area contributed by atoms with Crippen molar-refractivity contribution in [3.8, 4) is 5.75 Å². The highest BCUT2D eigenvalue weighted by Crippen LogP contribution is 2.22. The van der Waals surface area contributed by atoms with Crippen LogP contribution in [-0.4, -0.2) is 56.2 Å². The van der Waals surface area contributed by atoms with Crippen molar-refractivity contribution in [2.24, 2.45) is 0 Å². The second-order valence-corrected chi connectivity index (χ2v) is 7.14. The SMILES string of the molecule is CC(CNC(=O)COc1ccccc1Cl)N1CCN(c2ccccc2)CC1. The Kier molecular flexibility index (Phi) is 6.96. The molecule has 0 spiro atoms. The molecule has 0 aromatic heterocycles. The molecule has 1 aliphatic heterocycles. The van der Waals surface area contributed by atoms with E-state index < -0.39 is 0 Å². The lowest BCUT2D eigenvalue weighted by atomic mass is 10.2. The van der Waals surface area contributed by atoms with Gasteiger partial charge in [0.05, 0.1) is 5.02 Å². The van der Waals surface area contributed by atoms with Crippen LogP contribution in [0.3, 0.4) is 0 Å². The number of nitrogens with one attached hydrogen (secondary N) is 1. The molecule has 6 heteroatoms. The normalized spacial score (nSPS) is 16.0. The standard InChI is InChI=1S/C21H26ClN3O2/c1-17(15-23-21(26)16-27-20-10-6-5-9-19(20)22)24-11-13-25(14-12-24)18-7-3-2-4-8-18/h2-10,17H,11-16H2,1H3,(H,23,26). The van der Waals surface area contributed by atoms with Gasteiger partial charge in [-0.05, 0) is 31.2 Å². The van der Waals surface area contributed by atoms with Crippen LogP contribution in [0.1, 0.15) is 6.92 Å². The van der Waals surface area contributed by atoms with E-state index in [0.717, 1.165) is 26.2 Å². The third kappa shape index (κ3) is 5.62. The molecule has 144 valence electrons. The van der Waals surface area contributed by atoms with Gasteiger partial charge in [0, 0.05) is 44.5 Å². The summed E-state index contributed by atoms with van der Waals surface area (Å²) in [6.45, 7) is 6.70. The van der Waals surface area contributed by atoms with Crippen LogP contribution in [0.25, 0.3) is 0 Å². The zero-order valence-electron chi connectivity index (χ0n) is 15.6. The summed E-state index contributed by atoms with van der Waals surface area (Å²) in [5.41, 5.74) is 1.27. The highest BCUT2D eigenvalue weighted by Gasteiger charge is 2.21. The molecule has 1 atom stereocenters. The van der Waals surface area contributed by atoms with Gasteiger partial charge in [0.1, 0.15) is 5.75 Å². The molecule has 1 aliphatic rings. The van der Waals surface area contributed by atoms with Gasteiger partial charge < -0.3 is 15.0 Å². The van der Waals surface area contributed by atoms with Crippen molar-refractivity contribution in [3.05, 3.63) is 59.6 Å². The number of carbonyl (C=O) groups is 1. The maximum Gasteiger partial charge on any atom is 0.257 e. The van der Waals surface area contributed by atoms with Crippen molar-refractivity contribution < 1.29 is 9.53 Å². The predicted molar refractivity (Wildman–Crippen MR) is 110 cm³/mol. The Balaban J connectivity index is 1.37. The molecule has 1 saturated heterocycles. The van der Waals surface area contributed by atoms with E-state index in [0.29, 0.717) is 17.3 Å². The van der Waals surface area contributed by atoms with Crippen molar-refractivity contribution in [2.45, 2.75) is 13.0 Å². The molecule has 1 unspecified atom stereocenters. The number of anilines is 1. The monoisotopic (exact) mass is 387 g/mol. The molecule has 1 heterocycles. The second kappa shape index (κ2) is 9.62. The Morgan fingerprint density at radius 2 is 1.74 bits per heavy atom. The molecule has 1 fully saturated rings. The molecule has 3 rings (SSSR count). The van der Waals surface area contributed by atoms with Crippen LogP contribution in [0.2, 0.25) is 5.02 Å². The van der Waals surface area contributed by atoms with Crippen LogP contribution in [0.15, 0.2) is 54.6 Å². The molecule has 27 heavy (non-hydrogen) atoms. The minimum atomic E-state index is -0.135. The number of piperazine rings is 1. The van der Waals surface area contributed by atoms with Gasteiger partial charge in [0.2, 0.25) is 0 Å². The molecule has 0 radical (unpaired) electrons. The fourth-order valence-electron chi connectivity index (χ4n) is 3.21. The van der Waals surface area contributed by atoms with E-state index in [1.165, 1.54) is 5.69 Å². The lowest BCUT2D eigenvalue weighted by Crippen LogP contribution is -2.52. The molecule has 0 bridgehead atoms. The molecular weight excluding hydrogens is 362 g/mol. The van der Waals surface area contributed by atoms with Gasteiger partial charge >= 0.3 is 0 Å². The first-order valence-electron chi connectivity index (χ1n) is 9.31.